The summed E-state index contributed by atoms with van der Waals surface area (Å²) in [6, 6.07) is 13.3. The number of anilines is 2. The summed E-state index contributed by atoms with van der Waals surface area (Å²) in [5, 5.41) is 2.94. The lowest BCUT2D eigenvalue weighted by Gasteiger charge is -2.33. The number of aromatic nitrogens is 2. The van der Waals surface area contributed by atoms with Crippen LogP contribution in [0.1, 0.15) is 23.2 Å². The third kappa shape index (κ3) is 3.90. The number of hydrogen-bond donors (Lipinski definition) is 1. The Morgan fingerprint density at radius 3 is 2.44 bits per heavy atom. The molecular formula is C21H22N4O2. The molecule has 6 nitrogen and oxygen atoms in total. The summed E-state index contributed by atoms with van der Waals surface area (Å²) >= 11 is 0. The zero-order valence-corrected chi connectivity index (χ0v) is 15.3. The Kier molecular flexibility index (Phi) is 4.98. The van der Waals surface area contributed by atoms with Crippen LogP contribution in [-0.2, 0) is 4.74 Å². The van der Waals surface area contributed by atoms with Crippen LogP contribution in [0.2, 0.25) is 0 Å². The van der Waals surface area contributed by atoms with E-state index in [4.69, 9.17) is 4.74 Å². The standard InChI is InChI=1S/C21H22N4O2/c1-27-18-8-12-25(13-9-18)17-5-3-16(4-6-17)24-21(26)15-2-7-19-20(14-15)23-11-10-22-19/h2-7,10-11,14,18H,8-9,12-13H2,1H3,(H,24,26). The first-order valence-corrected chi connectivity index (χ1v) is 9.13. The fourth-order valence-electron chi connectivity index (χ4n) is 3.41. The van der Waals surface area contributed by atoms with Gasteiger partial charge in [0.1, 0.15) is 0 Å². The van der Waals surface area contributed by atoms with E-state index in [1.54, 1.807) is 31.6 Å². The molecule has 1 saturated heterocycles. The van der Waals surface area contributed by atoms with Crippen molar-refractivity contribution < 1.29 is 9.53 Å². The topological polar surface area (TPSA) is 67.3 Å². The van der Waals surface area contributed by atoms with Crippen molar-refractivity contribution in [2.75, 3.05) is 30.4 Å². The van der Waals surface area contributed by atoms with Crippen LogP contribution in [0.25, 0.3) is 11.0 Å². The molecule has 2 aromatic carbocycles. The molecule has 0 spiro atoms. The van der Waals surface area contributed by atoms with E-state index in [9.17, 15) is 4.79 Å². The highest BCUT2D eigenvalue weighted by Gasteiger charge is 2.18. The zero-order valence-electron chi connectivity index (χ0n) is 15.3. The van der Waals surface area contributed by atoms with Crippen molar-refractivity contribution in [3.05, 3.63) is 60.4 Å². The molecule has 3 aromatic rings. The maximum Gasteiger partial charge on any atom is 0.255 e. The molecule has 138 valence electrons. The lowest BCUT2D eigenvalue weighted by atomic mass is 10.1. The first kappa shape index (κ1) is 17.4. The summed E-state index contributed by atoms with van der Waals surface area (Å²) in [5.41, 5.74) is 3.99. The number of benzene rings is 2. The minimum atomic E-state index is -0.156. The van der Waals surface area contributed by atoms with Crippen LogP contribution in [0.5, 0.6) is 0 Å². The SMILES string of the molecule is COC1CCN(c2ccc(NC(=O)c3ccc4nccnc4c3)cc2)CC1. The molecule has 1 aromatic heterocycles. The summed E-state index contributed by atoms with van der Waals surface area (Å²) in [6.07, 6.45) is 5.71. The van der Waals surface area contributed by atoms with Crippen molar-refractivity contribution in [2.45, 2.75) is 18.9 Å². The third-order valence-electron chi connectivity index (χ3n) is 5.00. The molecule has 2 heterocycles. The van der Waals surface area contributed by atoms with Gasteiger partial charge < -0.3 is 15.0 Å². The van der Waals surface area contributed by atoms with Gasteiger partial charge in [0.05, 0.1) is 17.1 Å². The molecular weight excluding hydrogens is 340 g/mol. The predicted molar refractivity (Wildman–Crippen MR) is 106 cm³/mol. The monoisotopic (exact) mass is 362 g/mol. The number of amides is 1. The van der Waals surface area contributed by atoms with E-state index >= 15 is 0 Å². The highest BCUT2D eigenvalue weighted by atomic mass is 16.5. The van der Waals surface area contributed by atoms with Gasteiger partial charge in [-0.05, 0) is 55.3 Å². The first-order valence-electron chi connectivity index (χ1n) is 9.13. The number of carbonyl (C=O) groups is 1. The fraction of sp³-hybridized carbons (Fsp3) is 0.286. The Hall–Kier alpha value is -2.99. The van der Waals surface area contributed by atoms with Crippen molar-refractivity contribution in [3.63, 3.8) is 0 Å². The minimum absolute atomic E-state index is 0.156. The Labute approximate surface area is 158 Å². The molecule has 0 radical (unpaired) electrons. The Bertz CT molecular complexity index is 934. The van der Waals surface area contributed by atoms with Crippen molar-refractivity contribution in [2.24, 2.45) is 0 Å². The van der Waals surface area contributed by atoms with Gasteiger partial charge in [0.15, 0.2) is 0 Å². The largest absolute Gasteiger partial charge is 0.381 e. The van der Waals surface area contributed by atoms with E-state index in [1.165, 1.54) is 5.69 Å². The van der Waals surface area contributed by atoms with Gasteiger partial charge in [-0.1, -0.05) is 0 Å². The molecule has 4 rings (SSSR count). The summed E-state index contributed by atoms with van der Waals surface area (Å²) in [4.78, 5) is 23.4. The summed E-state index contributed by atoms with van der Waals surface area (Å²) in [6.45, 7) is 1.98. The lowest BCUT2D eigenvalue weighted by Crippen LogP contribution is -2.36. The van der Waals surface area contributed by atoms with Gasteiger partial charge in [-0.15, -0.1) is 0 Å². The van der Waals surface area contributed by atoms with Gasteiger partial charge in [0.25, 0.3) is 5.91 Å². The van der Waals surface area contributed by atoms with Crippen LogP contribution in [0, 0.1) is 0 Å². The third-order valence-corrected chi connectivity index (χ3v) is 5.00. The number of nitrogens with one attached hydrogen (secondary N) is 1. The van der Waals surface area contributed by atoms with E-state index in [-0.39, 0.29) is 5.91 Å². The van der Waals surface area contributed by atoms with Crippen molar-refractivity contribution in [1.29, 1.82) is 0 Å². The van der Waals surface area contributed by atoms with Crippen molar-refractivity contribution in [3.8, 4) is 0 Å². The van der Waals surface area contributed by atoms with Crippen molar-refractivity contribution in [1.82, 2.24) is 9.97 Å². The van der Waals surface area contributed by atoms with E-state index in [0.29, 0.717) is 17.2 Å². The van der Waals surface area contributed by atoms with Crippen molar-refractivity contribution >= 4 is 28.3 Å². The van der Waals surface area contributed by atoms with Gasteiger partial charge in [0.2, 0.25) is 0 Å². The van der Waals surface area contributed by atoms with Crippen LogP contribution in [0.3, 0.4) is 0 Å². The molecule has 1 fully saturated rings. The smallest absolute Gasteiger partial charge is 0.255 e. The number of piperidine rings is 1. The van der Waals surface area contributed by atoms with Gasteiger partial charge in [-0.2, -0.15) is 0 Å². The molecule has 0 bridgehead atoms. The number of hydrogen-bond acceptors (Lipinski definition) is 5. The van der Waals surface area contributed by atoms with Crippen LogP contribution < -0.4 is 10.2 Å². The van der Waals surface area contributed by atoms with Gasteiger partial charge in [0, 0.05) is 49.5 Å². The van der Waals surface area contributed by atoms with Gasteiger partial charge >= 0.3 is 0 Å². The fourth-order valence-corrected chi connectivity index (χ4v) is 3.41. The second kappa shape index (κ2) is 7.72. The molecule has 0 saturated carbocycles. The van der Waals surface area contributed by atoms with E-state index in [2.05, 4.69) is 32.3 Å². The second-order valence-electron chi connectivity index (χ2n) is 6.68. The summed E-state index contributed by atoms with van der Waals surface area (Å²) in [7, 11) is 1.78. The quantitative estimate of drug-likeness (QED) is 0.769. The molecule has 1 N–H and O–H groups in total. The average molecular weight is 362 g/mol. The molecule has 1 amide bonds. The maximum atomic E-state index is 12.5. The Morgan fingerprint density at radius 1 is 1.04 bits per heavy atom. The number of carbonyl (C=O) groups excluding carboxylic acids is 1. The molecule has 1 aliphatic rings. The Balaban J connectivity index is 1.42. The zero-order chi connectivity index (χ0) is 18.6. The van der Waals surface area contributed by atoms with E-state index in [1.807, 2.05) is 18.2 Å². The normalized spacial score (nSPS) is 15.1. The molecule has 6 heteroatoms. The highest BCUT2D eigenvalue weighted by Crippen LogP contribution is 2.23. The van der Waals surface area contributed by atoms with E-state index in [0.717, 1.165) is 37.1 Å². The number of rotatable bonds is 4. The molecule has 0 aliphatic carbocycles. The minimum Gasteiger partial charge on any atom is -0.381 e. The molecule has 0 atom stereocenters. The Morgan fingerprint density at radius 2 is 1.74 bits per heavy atom. The molecule has 27 heavy (non-hydrogen) atoms. The van der Waals surface area contributed by atoms with E-state index < -0.39 is 0 Å². The summed E-state index contributed by atoms with van der Waals surface area (Å²) in [5.74, 6) is -0.156. The van der Waals surface area contributed by atoms with Crippen LogP contribution in [0.15, 0.2) is 54.9 Å². The number of methoxy groups -OCH3 is 1. The summed E-state index contributed by atoms with van der Waals surface area (Å²) < 4.78 is 5.42. The second-order valence-corrected chi connectivity index (χ2v) is 6.68. The number of nitrogens with zero attached hydrogens (tertiary/aromatic N) is 3. The van der Waals surface area contributed by atoms with Crippen LogP contribution >= 0.6 is 0 Å². The first-order chi connectivity index (χ1) is 13.2. The predicted octanol–water partition coefficient (Wildman–Crippen LogP) is 3.50. The average Bonchev–Trinajstić information content (AvgIpc) is 2.74. The number of fused-ring (bicyclic) bond motifs is 1. The lowest BCUT2D eigenvalue weighted by molar-refractivity contribution is 0.0819. The van der Waals surface area contributed by atoms with Gasteiger partial charge in [-0.25, -0.2) is 0 Å². The van der Waals surface area contributed by atoms with Gasteiger partial charge in [-0.3, -0.25) is 14.8 Å². The highest BCUT2D eigenvalue weighted by molar-refractivity contribution is 6.05. The molecule has 1 aliphatic heterocycles. The number of ether oxygens (including phenoxy) is 1. The maximum absolute atomic E-state index is 12.5. The molecule has 0 unspecified atom stereocenters. The van der Waals surface area contributed by atoms with Crippen LogP contribution in [0.4, 0.5) is 11.4 Å². The van der Waals surface area contributed by atoms with Crippen LogP contribution in [-0.4, -0.2) is 42.2 Å².